The first kappa shape index (κ1) is 17.9. The summed E-state index contributed by atoms with van der Waals surface area (Å²) in [5.41, 5.74) is 0.829. The average Bonchev–Trinajstić information content (AvgIpc) is 3.08. The Balaban J connectivity index is 1.48. The molecule has 1 amide bonds. The van der Waals surface area contributed by atoms with Crippen LogP contribution in [0.25, 0.3) is 0 Å². The summed E-state index contributed by atoms with van der Waals surface area (Å²) >= 11 is 0. The zero-order valence-electron chi connectivity index (χ0n) is 14.8. The lowest BCUT2D eigenvalue weighted by Crippen LogP contribution is -2.42. The number of likely N-dealkylation sites (tertiary alicyclic amines) is 1. The van der Waals surface area contributed by atoms with E-state index >= 15 is 0 Å². The molecule has 1 saturated heterocycles. The lowest BCUT2D eigenvalue weighted by molar-refractivity contribution is -0.130. The van der Waals surface area contributed by atoms with Crippen molar-refractivity contribution in [1.82, 2.24) is 4.90 Å². The summed E-state index contributed by atoms with van der Waals surface area (Å²) < 4.78 is 32.6. The highest BCUT2D eigenvalue weighted by Gasteiger charge is 2.51. The second-order valence-corrected chi connectivity index (χ2v) is 7.41. The molecule has 0 spiro atoms. The van der Waals surface area contributed by atoms with Crippen LogP contribution in [-0.4, -0.2) is 42.2 Å². The second kappa shape index (κ2) is 6.93. The molecular formula is C21H21F2NO3. The average molecular weight is 373 g/mol. The van der Waals surface area contributed by atoms with Gasteiger partial charge in [-0.1, -0.05) is 24.3 Å². The van der Waals surface area contributed by atoms with E-state index in [1.165, 1.54) is 12.1 Å². The molecule has 2 atom stereocenters. The van der Waals surface area contributed by atoms with Gasteiger partial charge in [-0.2, -0.15) is 0 Å². The van der Waals surface area contributed by atoms with E-state index in [2.05, 4.69) is 0 Å². The maximum atomic E-state index is 13.8. The second-order valence-electron chi connectivity index (χ2n) is 7.41. The Morgan fingerprint density at radius 2 is 2.07 bits per heavy atom. The number of hydrogen-bond acceptors (Lipinski definition) is 3. The predicted octanol–water partition coefficient (Wildman–Crippen LogP) is 2.89. The molecule has 1 fully saturated rings. The lowest BCUT2D eigenvalue weighted by Gasteiger charge is -2.37. The summed E-state index contributed by atoms with van der Waals surface area (Å²) in [7, 11) is 0. The Morgan fingerprint density at radius 3 is 2.85 bits per heavy atom. The van der Waals surface area contributed by atoms with E-state index in [1.54, 1.807) is 4.90 Å². The van der Waals surface area contributed by atoms with E-state index in [-0.39, 0.29) is 31.3 Å². The van der Waals surface area contributed by atoms with Crippen LogP contribution in [0.1, 0.15) is 23.5 Å². The summed E-state index contributed by atoms with van der Waals surface area (Å²) in [5.74, 6) is -0.548. The number of carbonyl (C=O) groups is 1. The molecule has 4 nitrogen and oxygen atoms in total. The third kappa shape index (κ3) is 3.18. The topological polar surface area (TPSA) is 49.8 Å². The molecule has 0 unspecified atom stereocenters. The molecule has 2 aromatic rings. The quantitative estimate of drug-likeness (QED) is 0.897. The van der Waals surface area contributed by atoms with Gasteiger partial charge in [0, 0.05) is 31.5 Å². The number of amides is 1. The molecule has 2 aliphatic rings. The number of nitrogens with zero attached hydrogens (tertiary/aromatic N) is 1. The van der Waals surface area contributed by atoms with Crippen molar-refractivity contribution in [2.75, 3.05) is 26.3 Å². The zero-order chi connectivity index (χ0) is 19.0. The Bertz CT molecular complexity index is 872. The standard InChI is InChI=1S/C21H21F2NO3/c22-15-7-5-14(18(23)9-15)6-8-20(26)24-10-17-16-3-1-2-4-19(16)27-13-21(17,11-24)12-25/h1-5,7,9,17,25H,6,8,10-13H2/t17-,21-/m1/s1. The number of aliphatic hydroxyl groups excluding tert-OH is 1. The molecule has 4 rings (SSSR count). The van der Waals surface area contributed by atoms with E-state index in [0.717, 1.165) is 17.4 Å². The van der Waals surface area contributed by atoms with Gasteiger partial charge in [0.15, 0.2) is 0 Å². The van der Waals surface area contributed by atoms with Crippen molar-refractivity contribution in [2.45, 2.75) is 18.8 Å². The maximum Gasteiger partial charge on any atom is 0.222 e. The molecular weight excluding hydrogens is 352 g/mol. The van der Waals surface area contributed by atoms with Crippen molar-refractivity contribution >= 4 is 5.91 Å². The summed E-state index contributed by atoms with van der Waals surface area (Å²) in [6.45, 7) is 1.21. The molecule has 0 saturated carbocycles. The van der Waals surface area contributed by atoms with Crippen LogP contribution < -0.4 is 4.74 Å². The fourth-order valence-corrected chi connectivity index (χ4v) is 4.18. The fourth-order valence-electron chi connectivity index (χ4n) is 4.18. The molecule has 0 radical (unpaired) electrons. The van der Waals surface area contributed by atoms with Gasteiger partial charge in [-0.05, 0) is 29.7 Å². The van der Waals surface area contributed by atoms with E-state index in [1.807, 2.05) is 24.3 Å². The highest BCUT2D eigenvalue weighted by atomic mass is 19.1. The van der Waals surface area contributed by atoms with Gasteiger partial charge in [-0.3, -0.25) is 4.79 Å². The smallest absolute Gasteiger partial charge is 0.222 e. The number of hydrogen-bond donors (Lipinski definition) is 1. The number of ether oxygens (including phenoxy) is 1. The van der Waals surface area contributed by atoms with Crippen molar-refractivity contribution in [3.8, 4) is 5.75 Å². The minimum atomic E-state index is -0.632. The molecule has 1 N–H and O–H groups in total. The van der Waals surface area contributed by atoms with Gasteiger partial charge in [0.05, 0.1) is 18.6 Å². The van der Waals surface area contributed by atoms with Crippen molar-refractivity contribution in [3.05, 3.63) is 65.2 Å². The first-order valence-corrected chi connectivity index (χ1v) is 9.07. The lowest BCUT2D eigenvalue weighted by atomic mass is 9.74. The van der Waals surface area contributed by atoms with Crippen molar-refractivity contribution in [3.63, 3.8) is 0 Å². The minimum absolute atomic E-state index is 0.0129. The van der Waals surface area contributed by atoms with Crippen LogP contribution in [0.5, 0.6) is 5.75 Å². The number of benzene rings is 2. The number of rotatable bonds is 4. The van der Waals surface area contributed by atoms with Crippen molar-refractivity contribution in [2.24, 2.45) is 5.41 Å². The van der Waals surface area contributed by atoms with E-state index in [9.17, 15) is 18.7 Å². The molecule has 6 heteroatoms. The summed E-state index contributed by atoms with van der Waals surface area (Å²) in [4.78, 5) is 14.4. The minimum Gasteiger partial charge on any atom is -0.493 e. The van der Waals surface area contributed by atoms with Gasteiger partial charge < -0.3 is 14.7 Å². The van der Waals surface area contributed by atoms with Crippen LogP contribution in [-0.2, 0) is 11.2 Å². The first-order chi connectivity index (χ1) is 13.0. The summed E-state index contributed by atoms with van der Waals surface area (Å²) in [6.07, 6.45) is 0.352. The van der Waals surface area contributed by atoms with Crippen LogP contribution in [0.4, 0.5) is 8.78 Å². The fraction of sp³-hybridized carbons (Fsp3) is 0.381. The molecule has 2 heterocycles. The molecule has 142 valence electrons. The largest absolute Gasteiger partial charge is 0.493 e. The highest BCUT2D eigenvalue weighted by Crippen LogP contribution is 2.49. The third-order valence-corrected chi connectivity index (χ3v) is 5.75. The van der Waals surface area contributed by atoms with Gasteiger partial charge >= 0.3 is 0 Å². The number of para-hydroxylation sites is 1. The van der Waals surface area contributed by atoms with Crippen LogP contribution >= 0.6 is 0 Å². The molecule has 2 aliphatic heterocycles. The summed E-state index contributed by atoms with van der Waals surface area (Å²) in [6, 6.07) is 11.1. The van der Waals surface area contributed by atoms with Crippen molar-refractivity contribution in [1.29, 1.82) is 0 Å². The Morgan fingerprint density at radius 1 is 1.26 bits per heavy atom. The van der Waals surface area contributed by atoms with Crippen LogP contribution in [0.15, 0.2) is 42.5 Å². The third-order valence-electron chi connectivity index (χ3n) is 5.75. The SMILES string of the molecule is O=C(CCc1ccc(F)cc1F)N1C[C@@H]2c3ccccc3OC[C@]2(CO)C1. The monoisotopic (exact) mass is 373 g/mol. The van der Waals surface area contributed by atoms with Crippen LogP contribution in [0.2, 0.25) is 0 Å². The van der Waals surface area contributed by atoms with Gasteiger partial charge in [0.1, 0.15) is 17.4 Å². The molecule has 0 bridgehead atoms. The highest BCUT2D eigenvalue weighted by molar-refractivity contribution is 5.77. The van der Waals surface area contributed by atoms with Gasteiger partial charge in [0.25, 0.3) is 0 Å². The number of aryl methyl sites for hydroxylation is 1. The molecule has 0 aromatic heterocycles. The number of fused-ring (bicyclic) bond motifs is 3. The Labute approximate surface area is 156 Å². The van der Waals surface area contributed by atoms with E-state index in [0.29, 0.717) is 25.3 Å². The first-order valence-electron chi connectivity index (χ1n) is 9.07. The molecule has 0 aliphatic carbocycles. The maximum absolute atomic E-state index is 13.8. The normalized spacial score (nSPS) is 23.5. The van der Waals surface area contributed by atoms with Crippen LogP contribution in [0.3, 0.4) is 0 Å². The molecule has 2 aromatic carbocycles. The van der Waals surface area contributed by atoms with E-state index < -0.39 is 17.0 Å². The predicted molar refractivity (Wildman–Crippen MR) is 95.5 cm³/mol. The Hall–Kier alpha value is -2.47. The van der Waals surface area contributed by atoms with Gasteiger partial charge in [-0.25, -0.2) is 8.78 Å². The Kier molecular flexibility index (Phi) is 4.60. The molecule has 27 heavy (non-hydrogen) atoms. The van der Waals surface area contributed by atoms with Gasteiger partial charge in [-0.15, -0.1) is 0 Å². The van der Waals surface area contributed by atoms with Crippen molar-refractivity contribution < 1.29 is 23.4 Å². The number of carbonyl (C=O) groups excluding carboxylic acids is 1. The van der Waals surface area contributed by atoms with E-state index in [4.69, 9.17) is 4.74 Å². The van der Waals surface area contributed by atoms with Crippen LogP contribution in [0, 0.1) is 17.0 Å². The summed E-state index contributed by atoms with van der Waals surface area (Å²) in [5, 5.41) is 10.0. The number of halogens is 2. The number of aliphatic hydroxyl groups is 1. The zero-order valence-corrected chi connectivity index (χ0v) is 14.8. The van der Waals surface area contributed by atoms with Gasteiger partial charge in [0.2, 0.25) is 5.91 Å².